The van der Waals surface area contributed by atoms with E-state index in [-0.39, 0.29) is 0 Å². The molecule has 1 saturated carbocycles. The summed E-state index contributed by atoms with van der Waals surface area (Å²) >= 11 is 0. The Kier molecular flexibility index (Phi) is 3.45. The summed E-state index contributed by atoms with van der Waals surface area (Å²) in [5.74, 6) is 2.33. The highest BCUT2D eigenvalue weighted by Crippen LogP contribution is 2.38. The van der Waals surface area contributed by atoms with Crippen LogP contribution in [0.2, 0.25) is 0 Å². The van der Waals surface area contributed by atoms with Crippen LogP contribution in [0.5, 0.6) is 0 Å². The molecule has 14 heavy (non-hydrogen) atoms. The van der Waals surface area contributed by atoms with Crippen molar-refractivity contribution >= 4 is 0 Å². The Hall–Kier alpha value is -0.0800. The number of aliphatic hydroxyl groups excluding tert-OH is 1. The number of piperidine rings is 1. The van der Waals surface area contributed by atoms with Crippen molar-refractivity contribution in [2.24, 2.45) is 17.8 Å². The minimum absolute atomic E-state index is 0.370. The highest BCUT2D eigenvalue weighted by atomic mass is 16.3. The predicted octanol–water partition coefficient (Wildman–Crippen LogP) is 1.78. The van der Waals surface area contributed by atoms with Crippen molar-refractivity contribution in [3.8, 4) is 0 Å². The minimum atomic E-state index is 0.370. The van der Waals surface area contributed by atoms with Gasteiger partial charge < -0.3 is 10.4 Å². The van der Waals surface area contributed by atoms with E-state index in [9.17, 15) is 5.11 Å². The third-order valence-electron chi connectivity index (χ3n) is 4.31. The molecule has 0 spiro atoms. The first-order valence-electron chi connectivity index (χ1n) is 6.19. The van der Waals surface area contributed by atoms with E-state index >= 15 is 0 Å². The molecule has 0 amide bonds. The molecule has 3 unspecified atom stereocenters. The summed E-state index contributed by atoms with van der Waals surface area (Å²) in [7, 11) is 0. The number of rotatable bonds is 3. The van der Waals surface area contributed by atoms with Crippen LogP contribution in [-0.4, -0.2) is 24.3 Å². The summed E-state index contributed by atoms with van der Waals surface area (Å²) in [6.07, 6.45) is 6.71. The lowest BCUT2D eigenvalue weighted by atomic mass is 9.70. The van der Waals surface area contributed by atoms with Crippen LogP contribution in [0.1, 0.15) is 39.0 Å². The SMILES string of the molecule is CCC1NCC(C2CCC2)CC1CO. The van der Waals surface area contributed by atoms with E-state index in [1.165, 1.54) is 32.2 Å². The molecule has 2 heteroatoms. The monoisotopic (exact) mass is 197 g/mol. The first-order valence-corrected chi connectivity index (χ1v) is 6.19. The van der Waals surface area contributed by atoms with Crippen molar-refractivity contribution in [1.82, 2.24) is 5.32 Å². The Bertz CT molecular complexity index is 179. The van der Waals surface area contributed by atoms with E-state index in [2.05, 4.69) is 12.2 Å². The molecule has 0 aromatic rings. The van der Waals surface area contributed by atoms with Gasteiger partial charge in [-0.2, -0.15) is 0 Å². The lowest BCUT2D eigenvalue weighted by Gasteiger charge is -2.42. The Labute approximate surface area is 87.1 Å². The average molecular weight is 197 g/mol. The molecule has 0 aromatic heterocycles. The van der Waals surface area contributed by atoms with Crippen LogP contribution in [0.25, 0.3) is 0 Å². The highest BCUT2D eigenvalue weighted by Gasteiger charge is 2.34. The molecule has 2 nitrogen and oxygen atoms in total. The summed E-state index contributed by atoms with van der Waals surface area (Å²) in [5, 5.41) is 13.0. The fourth-order valence-corrected chi connectivity index (χ4v) is 3.06. The molecular formula is C12H23NO. The second-order valence-corrected chi connectivity index (χ2v) is 5.05. The molecule has 0 radical (unpaired) electrons. The van der Waals surface area contributed by atoms with Crippen molar-refractivity contribution < 1.29 is 5.11 Å². The van der Waals surface area contributed by atoms with E-state index in [4.69, 9.17) is 0 Å². The van der Waals surface area contributed by atoms with Crippen molar-refractivity contribution in [1.29, 1.82) is 0 Å². The molecule has 0 aromatic carbocycles. The molecule has 2 fully saturated rings. The zero-order valence-corrected chi connectivity index (χ0v) is 9.21. The van der Waals surface area contributed by atoms with Gasteiger partial charge in [0.2, 0.25) is 0 Å². The Morgan fingerprint density at radius 2 is 2.07 bits per heavy atom. The summed E-state index contributed by atoms with van der Waals surface area (Å²) < 4.78 is 0. The van der Waals surface area contributed by atoms with Crippen molar-refractivity contribution in [2.45, 2.75) is 45.1 Å². The summed E-state index contributed by atoms with van der Waals surface area (Å²) in [6.45, 7) is 3.78. The standard InChI is InChI=1S/C12H23NO/c1-2-12-11(8-14)6-10(7-13-12)9-4-3-5-9/h9-14H,2-8H2,1H3. The van der Waals surface area contributed by atoms with Crippen LogP contribution in [0.3, 0.4) is 0 Å². The zero-order chi connectivity index (χ0) is 9.97. The van der Waals surface area contributed by atoms with Gasteiger partial charge in [0.1, 0.15) is 0 Å². The summed E-state index contributed by atoms with van der Waals surface area (Å²) in [4.78, 5) is 0. The van der Waals surface area contributed by atoms with Crippen LogP contribution >= 0.6 is 0 Å². The Balaban J connectivity index is 1.86. The molecule has 1 saturated heterocycles. The van der Waals surface area contributed by atoms with Crippen LogP contribution in [0.4, 0.5) is 0 Å². The second-order valence-electron chi connectivity index (χ2n) is 5.05. The second kappa shape index (κ2) is 4.63. The van der Waals surface area contributed by atoms with Gasteiger partial charge >= 0.3 is 0 Å². The smallest absolute Gasteiger partial charge is 0.0474 e. The van der Waals surface area contributed by atoms with Gasteiger partial charge in [0.05, 0.1) is 0 Å². The lowest BCUT2D eigenvalue weighted by molar-refractivity contribution is 0.0807. The van der Waals surface area contributed by atoms with E-state index in [1.54, 1.807) is 0 Å². The van der Waals surface area contributed by atoms with Gasteiger partial charge in [-0.15, -0.1) is 0 Å². The molecule has 3 atom stereocenters. The van der Waals surface area contributed by atoms with E-state index in [0.29, 0.717) is 18.6 Å². The first-order chi connectivity index (χ1) is 6.85. The Morgan fingerprint density at radius 3 is 2.57 bits per heavy atom. The van der Waals surface area contributed by atoms with Gasteiger partial charge in [-0.1, -0.05) is 26.2 Å². The fraction of sp³-hybridized carbons (Fsp3) is 1.00. The molecule has 2 N–H and O–H groups in total. The lowest BCUT2D eigenvalue weighted by Crippen LogP contribution is -2.49. The van der Waals surface area contributed by atoms with Gasteiger partial charge in [0.15, 0.2) is 0 Å². The summed E-state index contributed by atoms with van der Waals surface area (Å²) in [5.41, 5.74) is 0. The van der Waals surface area contributed by atoms with Gasteiger partial charge in [0.25, 0.3) is 0 Å². The van der Waals surface area contributed by atoms with Crippen LogP contribution < -0.4 is 5.32 Å². The van der Waals surface area contributed by atoms with Crippen molar-refractivity contribution in [3.63, 3.8) is 0 Å². The van der Waals surface area contributed by atoms with Crippen molar-refractivity contribution in [3.05, 3.63) is 0 Å². The topological polar surface area (TPSA) is 32.3 Å². The highest BCUT2D eigenvalue weighted by molar-refractivity contribution is 4.89. The third kappa shape index (κ3) is 1.96. The van der Waals surface area contributed by atoms with Gasteiger partial charge in [-0.05, 0) is 37.1 Å². The van der Waals surface area contributed by atoms with Gasteiger partial charge in [-0.3, -0.25) is 0 Å². The molecule has 1 aliphatic carbocycles. The Morgan fingerprint density at radius 1 is 1.29 bits per heavy atom. The molecule has 2 aliphatic rings. The normalized spacial score (nSPS) is 39.4. The first kappa shape index (κ1) is 10.4. The van der Waals surface area contributed by atoms with E-state index in [1.807, 2.05) is 0 Å². The zero-order valence-electron chi connectivity index (χ0n) is 9.21. The molecular weight excluding hydrogens is 174 g/mol. The van der Waals surface area contributed by atoms with Crippen LogP contribution in [0.15, 0.2) is 0 Å². The number of hydrogen-bond donors (Lipinski definition) is 2. The fourth-order valence-electron chi connectivity index (χ4n) is 3.06. The number of aliphatic hydroxyl groups is 1. The quantitative estimate of drug-likeness (QED) is 0.723. The maximum Gasteiger partial charge on any atom is 0.0474 e. The molecule has 1 heterocycles. The molecule has 2 rings (SSSR count). The van der Waals surface area contributed by atoms with Crippen LogP contribution in [0, 0.1) is 17.8 Å². The van der Waals surface area contributed by atoms with Gasteiger partial charge in [-0.25, -0.2) is 0 Å². The minimum Gasteiger partial charge on any atom is -0.396 e. The third-order valence-corrected chi connectivity index (χ3v) is 4.31. The summed E-state index contributed by atoms with van der Waals surface area (Å²) in [6, 6.07) is 0.566. The molecule has 1 aliphatic heterocycles. The van der Waals surface area contributed by atoms with E-state index in [0.717, 1.165) is 18.3 Å². The largest absolute Gasteiger partial charge is 0.396 e. The number of nitrogens with one attached hydrogen (secondary N) is 1. The molecule has 82 valence electrons. The van der Waals surface area contributed by atoms with Gasteiger partial charge in [0, 0.05) is 12.6 Å². The maximum atomic E-state index is 9.34. The number of hydrogen-bond acceptors (Lipinski definition) is 2. The van der Waals surface area contributed by atoms with Crippen molar-refractivity contribution in [2.75, 3.05) is 13.2 Å². The molecule has 0 bridgehead atoms. The van der Waals surface area contributed by atoms with E-state index < -0.39 is 0 Å². The predicted molar refractivity (Wildman–Crippen MR) is 58.1 cm³/mol. The average Bonchev–Trinajstić information content (AvgIpc) is 2.15. The van der Waals surface area contributed by atoms with Crippen LogP contribution in [-0.2, 0) is 0 Å². The maximum absolute atomic E-state index is 9.34.